The van der Waals surface area contributed by atoms with E-state index in [1.807, 2.05) is 9.80 Å². The summed E-state index contributed by atoms with van der Waals surface area (Å²) >= 11 is 0. The van der Waals surface area contributed by atoms with Crippen LogP contribution in [0, 0.1) is 11.8 Å². The van der Waals surface area contributed by atoms with E-state index >= 15 is 0 Å². The molecule has 6 aromatic rings. The van der Waals surface area contributed by atoms with Gasteiger partial charge in [-0.3, -0.25) is 19.2 Å². The SMILES string of the molecule is C=CC(=O)Nc1ccc(C(=O)N2CCC[C@@H](Cc3ncc4ccc(C(=O)O)cc4n3)C2)cc1.C=CC(=O)Nc1ccc(C(=O)N2CCC[C@@H](Cc3ncc4ccc(C(=O)OC)cc4n3)C2)cc1.[Li+].[OH-]. The van der Waals surface area contributed by atoms with Gasteiger partial charge in [0.05, 0.1) is 29.3 Å². The van der Waals surface area contributed by atoms with Gasteiger partial charge in [-0.15, -0.1) is 0 Å². The van der Waals surface area contributed by atoms with Crippen molar-refractivity contribution in [2.75, 3.05) is 43.9 Å². The topological polar surface area (TPSA) is 244 Å². The minimum absolute atomic E-state index is 0. The molecule has 18 heteroatoms. The number of carboxylic acid groups (broad SMARTS) is 1. The van der Waals surface area contributed by atoms with Crippen LogP contribution in [0.1, 0.15) is 78.8 Å². The van der Waals surface area contributed by atoms with E-state index in [1.54, 1.807) is 91.3 Å². The first-order valence-corrected chi connectivity index (χ1v) is 21.9. The van der Waals surface area contributed by atoms with Crippen molar-refractivity contribution in [3.63, 3.8) is 0 Å². The average Bonchev–Trinajstić information content (AvgIpc) is 3.36. The number of likely N-dealkylation sites (tertiary alicyclic amines) is 2. The molecule has 0 bridgehead atoms. The number of anilines is 2. The smallest absolute Gasteiger partial charge is 0.870 e. The number of aromatic carboxylic acids is 1. The van der Waals surface area contributed by atoms with Gasteiger partial charge in [-0.05, 0) is 122 Å². The molecule has 0 aliphatic carbocycles. The zero-order valence-electron chi connectivity index (χ0n) is 38.5. The van der Waals surface area contributed by atoms with E-state index in [0.717, 1.165) is 36.5 Å². The Morgan fingerprint density at radius 3 is 1.46 bits per heavy atom. The van der Waals surface area contributed by atoms with E-state index in [4.69, 9.17) is 4.74 Å². The van der Waals surface area contributed by atoms with Crippen molar-refractivity contribution in [1.29, 1.82) is 0 Å². The Morgan fingerprint density at radius 1 is 0.652 bits per heavy atom. The molecular formula is C51H51LiN8O9. The first-order valence-electron chi connectivity index (χ1n) is 21.9. The molecule has 0 unspecified atom stereocenters. The van der Waals surface area contributed by atoms with Crippen LogP contribution in [-0.4, -0.2) is 109 Å². The molecule has 2 fully saturated rings. The van der Waals surface area contributed by atoms with Crippen LogP contribution in [-0.2, 0) is 27.2 Å². The molecule has 350 valence electrons. The van der Waals surface area contributed by atoms with Crippen molar-refractivity contribution >= 4 is 68.7 Å². The van der Waals surface area contributed by atoms with Crippen molar-refractivity contribution in [1.82, 2.24) is 29.7 Å². The monoisotopic (exact) mass is 926 g/mol. The fraction of sp³-hybridized carbons (Fsp3) is 0.255. The summed E-state index contributed by atoms with van der Waals surface area (Å²) in [6.07, 6.45) is 10.9. The van der Waals surface area contributed by atoms with Crippen LogP contribution >= 0.6 is 0 Å². The summed E-state index contributed by atoms with van der Waals surface area (Å²) in [4.78, 5) is 93.8. The van der Waals surface area contributed by atoms with Crippen molar-refractivity contribution in [3.8, 4) is 0 Å². The summed E-state index contributed by atoms with van der Waals surface area (Å²) in [5.74, 6) is -0.283. The predicted octanol–water partition coefficient (Wildman–Crippen LogP) is 4.01. The quantitative estimate of drug-likeness (QED) is 0.0894. The molecule has 17 nitrogen and oxygen atoms in total. The number of aromatic nitrogens is 4. The Balaban J connectivity index is 0.000000250. The maximum Gasteiger partial charge on any atom is 1.00 e. The normalized spacial score (nSPS) is 15.2. The number of ether oxygens (including phenoxy) is 1. The van der Waals surface area contributed by atoms with Gasteiger partial charge in [0.2, 0.25) is 11.8 Å². The second-order valence-corrected chi connectivity index (χ2v) is 16.4. The van der Waals surface area contributed by atoms with Gasteiger partial charge in [0.1, 0.15) is 11.6 Å². The summed E-state index contributed by atoms with van der Waals surface area (Å²) in [6, 6.07) is 23.7. The van der Waals surface area contributed by atoms with E-state index in [1.165, 1.54) is 25.3 Å². The van der Waals surface area contributed by atoms with Crippen LogP contribution in [0.5, 0.6) is 0 Å². The van der Waals surface area contributed by atoms with Crippen LogP contribution in [0.2, 0.25) is 0 Å². The number of carboxylic acids is 1. The molecule has 4 aromatic carbocycles. The molecule has 0 radical (unpaired) electrons. The van der Waals surface area contributed by atoms with Gasteiger partial charge < -0.3 is 35.8 Å². The van der Waals surface area contributed by atoms with Gasteiger partial charge >= 0.3 is 30.8 Å². The second kappa shape index (κ2) is 24.4. The predicted molar refractivity (Wildman–Crippen MR) is 255 cm³/mol. The molecule has 0 spiro atoms. The molecular weight excluding hydrogens is 876 g/mol. The van der Waals surface area contributed by atoms with Gasteiger partial charge in [-0.25, -0.2) is 29.5 Å². The minimum atomic E-state index is -0.991. The number of benzene rings is 4. The first kappa shape index (κ1) is 52.4. The number of hydrogen-bond acceptors (Lipinski definition) is 12. The third-order valence-electron chi connectivity index (χ3n) is 11.7. The van der Waals surface area contributed by atoms with Crippen molar-refractivity contribution < 1.29 is 62.9 Å². The van der Waals surface area contributed by atoms with Gasteiger partial charge in [0.25, 0.3) is 11.8 Å². The van der Waals surface area contributed by atoms with E-state index in [2.05, 4.69) is 43.7 Å². The average molecular weight is 927 g/mol. The van der Waals surface area contributed by atoms with Crippen LogP contribution in [0.4, 0.5) is 11.4 Å². The van der Waals surface area contributed by atoms with E-state index in [0.29, 0.717) is 89.8 Å². The van der Waals surface area contributed by atoms with Crippen molar-refractivity contribution in [2.24, 2.45) is 11.8 Å². The van der Waals surface area contributed by atoms with Gasteiger partial charge in [-0.1, -0.05) is 25.3 Å². The Labute approximate surface area is 410 Å². The Bertz CT molecular complexity index is 2860. The van der Waals surface area contributed by atoms with Gasteiger partial charge in [-0.2, -0.15) is 0 Å². The number of nitrogens with zero attached hydrogens (tertiary/aromatic N) is 6. The second-order valence-electron chi connectivity index (χ2n) is 16.4. The summed E-state index contributed by atoms with van der Waals surface area (Å²) in [7, 11) is 1.35. The van der Waals surface area contributed by atoms with Crippen LogP contribution in [0.3, 0.4) is 0 Å². The Morgan fingerprint density at radius 2 is 1.06 bits per heavy atom. The summed E-state index contributed by atoms with van der Waals surface area (Å²) in [6.45, 7) is 9.46. The number of hydrogen-bond donors (Lipinski definition) is 3. The molecule has 4 N–H and O–H groups in total. The molecule has 0 saturated carbocycles. The molecule has 4 amide bonds. The molecule has 2 aliphatic rings. The zero-order valence-corrected chi connectivity index (χ0v) is 38.5. The maximum absolute atomic E-state index is 13.0. The number of amides is 4. The largest absolute Gasteiger partial charge is 1.00 e. The molecule has 8 rings (SSSR count). The number of rotatable bonds is 12. The molecule has 2 aromatic heterocycles. The maximum atomic E-state index is 13.0. The molecule has 2 atom stereocenters. The standard InChI is InChI=1S/C26H26N4O4.C25H24N4O4.Li.H2O/c1-3-24(31)28-21-10-8-18(9-11-21)25(32)30-12-4-5-17(16-30)13-23-27-15-20-7-6-19(26(33)34-2)14-22(20)29-23;1-2-23(30)27-20-9-7-17(8-10-20)24(31)29-11-3-4-16(15-29)12-22-26-14-19-6-5-18(25(32)33)13-21(19)28-22;;/h3,6-11,14-15,17H,1,4-5,12-13,16H2,2H3,(H,28,31);2,5-10,13-14,16H,1,3-4,11-12,15H2,(H,27,30)(H,32,33);;1H2/q;;+1;/p-1/t17-;16-;;/m00../s1. The Kier molecular flexibility index (Phi) is 18.6. The van der Waals surface area contributed by atoms with Gasteiger partial charge in [0.15, 0.2) is 0 Å². The third-order valence-corrected chi connectivity index (χ3v) is 11.7. The number of nitrogens with one attached hydrogen (secondary N) is 2. The number of fused-ring (bicyclic) bond motifs is 2. The van der Waals surface area contributed by atoms with Crippen molar-refractivity contribution in [3.05, 3.63) is 157 Å². The summed E-state index contributed by atoms with van der Waals surface area (Å²) in [5.41, 5.74) is 4.30. The molecule has 4 heterocycles. The van der Waals surface area contributed by atoms with E-state index < -0.39 is 11.9 Å². The zero-order chi connectivity index (χ0) is 47.5. The molecule has 2 saturated heterocycles. The van der Waals surface area contributed by atoms with Gasteiger partial charge in [0, 0.05) is 84.7 Å². The number of piperidine rings is 2. The Hall–Kier alpha value is -7.58. The number of carbonyl (C=O) groups excluding carboxylic acids is 5. The third kappa shape index (κ3) is 13.8. The molecule has 69 heavy (non-hydrogen) atoms. The minimum Gasteiger partial charge on any atom is -0.870 e. The fourth-order valence-electron chi connectivity index (χ4n) is 8.19. The molecule has 2 aliphatic heterocycles. The fourth-order valence-corrected chi connectivity index (χ4v) is 8.19. The van der Waals surface area contributed by atoms with Crippen LogP contribution in [0.15, 0.2) is 123 Å². The summed E-state index contributed by atoms with van der Waals surface area (Å²) in [5, 5.41) is 16.2. The first-order chi connectivity index (χ1) is 32.4. The van der Waals surface area contributed by atoms with Crippen LogP contribution < -0.4 is 29.5 Å². The number of esters is 1. The summed E-state index contributed by atoms with van der Waals surface area (Å²) < 4.78 is 4.79. The van der Waals surface area contributed by atoms with E-state index in [9.17, 15) is 33.9 Å². The number of methoxy groups -OCH3 is 1. The number of carbonyl (C=O) groups is 6. The van der Waals surface area contributed by atoms with Crippen molar-refractivity contribution in [2.45, 2.75) is 38.5 Å². The van der Waals surface area contributed by atoms with E-state index in [-0.39, 0.29) is 65.4 Å². The van der Waals surface area contributed by atoms with Crippen LogP contribution in [0.25, 0.3) is 21.8 Å².